The minimum atomic E-state index is -0.986. The Labute approximate surface area is 124 Å². The number of hydrogen-bond donors (Lipinski definition) is 2. The summed E-state index contributed by atoms with van der Waals surface area (Å²) in [4.78, 5) is 14.1. The zero-order valence-electron chi connectivity index (χ0n) is 13.3. The lowest BCUT2D eigenvalue weighted by atomic mass is 10.1. The number of carboxylic acid groups (broad SMARTS) is 1. The van der Waals surface area contributed by atoms with Gasteiger partial charge >= 0.3 is 5.97 Å². The number of aliphatic carboxylic acids is 1. The summed E-state index contributed by atoms with van der Waals surface area (Å²) in [5.41, 5.74) is 0.154. The van der Waals surface area contributed by atoms with E-state index in [2.05, 4.69) is 6.58 Å². The minimum Gasteiger partial charge on any atom is -0.478 e. The van der Waals surface area contributed by atoms with Gasteiger partial charge in [-0.15, -0.1) is 12.4 Å². The van der Waals surface area contributed by atoms with Crippen LogP contribution in [0, 0.1) is 0 Å². The molecule has 0 heterocycles. The number of halogens is 1. The molecular weight excluding hydrogens is 268 g/mol. The van der Waals surface area contributed by atoms with Crippen molar-refractivity contribution >= 4 is 18.4 Å². The Morgan fingerprint density at radius 1 is 1.11 bits per heavy atom. The molecule has 118 valence electrons. The molecular formula is C13H31ClN2O3. The van der Waals surface area contributed by atoms with Crippen LogP contribution in [0.2, 0.25) is 0 Å². The first-order valence-corrected chi connectivity index (χ1v) is 5.81. The number of carboxylic acids is 1. The van der Waals surface area contributed by atoms with Crippen molar-refractivity contribution in [2.24, 2.45) is 0 Å². The molecule has 0 bridgehead atoms. The van der Waals surface area contributed by atoms with E-state index in [1.807, 2.05) is 52.1 Å². The van der Waals surface area contributed by atoms with Crippen molar-refractivity contribution in [2.45, 2.75) is 25.9 Å². The normalized spacial score (nSPS) is 10.4. The predicted octanol–water partition coefficient (Wildman–Crippen LogP) is 1.57. The van der Waals surface area contributed by atoms with Crippen molar-refractivity contribution in [3.63, 3.8) is 0 Å². The molecule has 0 aromatic carbocycles. The maximum Gasteiger partial charge on any atom is 0.330 e. The fourth-order valence-corrected chi connectivity index (χ4v) is 0.490. The zero-order valence-corrected chi connectivity index (χ0v) is 14.1. The molecule has 6 heteroatoms. The van der Waals surface area contributed by atoms with Crippen LogP contribution in [0.4, 0.5) is 0 Å². The number of aliphatic hydroxyl groups excluding tert-OH is 1. The Hall–Kier alpha value is -0.620. The van der Waals surface area contributed by atoms with E-state index < -0.39 is 12.1 Å². The summed E-state index contributed by atoms with van der Waals surface area (Å²) >= 11 is 0. The highest BCUT2D eigenvalue weighted by atomic mass is 35.5. The number of nitrogens with zero attached hydrogens (tertiary/aromatic N) is 2. The summed E-state index contributed by atoms with van der Waals surface area (Å²) in [6.45, 7) is 4.94. The lowest BCUT2D eigenvalue weighted by molar-refractivity contribution is -0.132. The van der Waals surface area contributed by atoms with Gasteiger partial charge in [0, 0.05) is 5.57 Å². The highest BCUT2D eigenvalue weighted by Gasteiger charge is 2.04. The Kier molecular flexibility index (Phi) is 24.6. The van der Waals surface area contributed by atoms with Crippen LogP contribution >= 0.6 is 12.4 Å². The zero-order chi connectivity index (χ0) is 15.3. The average Bonchev–Trinajstić information content (AvgIpc) is 2.11. The maximum atomic E-state index is 10.1. The van der Waals surface area contributed by atoms with Crippen molar-refractivity contribution in [3.05, 3.63) is 12.2 Å². The fourth-order valence-electron chi connectivity index (χ4n) is 0.490. The number of carbonyl (C=O) groups is 1. The first kappa shape index (κ1) is 26.8. The van der Waals surface area contributed by atoms with Crippen molar-refractivity contribution in [2.75, 3.05) is 42.3 Å². The molecule has 2 N–H and O–H groups in total. The van der Waals surface area contributed by atoms with Gasteiger partial charge in [-0.2, -0.15) is 0 Å². The molecule has 5 nitrogen and oxygen atoms in total. The highest BCUT2D eigenvalue weighted by molar-refractivity contribution is 5.85. The Morgan fingerprint density at radius 2 is 1.37 bits per heavy atom. The quantitative estimate of drug-likeness (QED) is 0.771. The van der Waals surface area contributed by atoms with Gasteiger partial charge in [-0.1, -0.05) is 6.58 Å². The van der Waals surface area contributed by atoms with Crippen LogP contribution in [-0.4, -0.2) is 74.4 Å². The molecule has 0 aliphatic rings. The molecule has 1 atom stereocenters. The van der Waals surface area contributed by atoms with E-state index >= 15 is 0 Å². The van der Waals surface area contributed by atoms with Crippen LogP contribution in [0.1, 0.15) is 19.8 Å². The highest BCUT2D eigenvalue weighted by Crippen LogP contribution is 2.04. The summed E-state index contributed by atoms with van der Waals surface area (Å²) in [6, 6.07) is 0. The molecule has 0 saturated carbocycles. The number of rotatable bonds is 4. The van der Waals surface area contributed by atoms with E-state index in [4.69, 9.17) is 10.2 Å². The predicted molar refractivity (Wildman–Crippen MR) is 84.2 cm³/mol. The van der Waals surface area contributed by atoms with Crippen LogP contribution in [0.5, 0.6) is 0 Å². The van der Waals surface area contributed by atoms with Crippen molar-refractivity contribution < 1.29 is 15.0 Å². The molecule has 0 aliphatic heterocycles. The number of aliphatic hydroxyl groups is 1. The molecule has 0 aromatic rings. The van der Waals surface area contributed by atoms with Gasteiger partial charge in [0.15, 0.2) is 0 Å². The molecule has 0 radical (unpaired) electrons. The van der Waals surface area contributed by atoms with Crippen LogP contribution in [0.15, 0.2) is 12.2 Å². The van der Waals surface area contributed by atoms with Gasteiger partial charge in [-0.05, 0) is 62.1 Å². The molecule has 0 amide bonds. The summed E-state index contributed by atoms with van der Waals surface area (Å²) in [6.07, 6.45) is 0.370. The summed E-state index contributed by atoms with van der Waals surface area (Å²) in [5.74, 6) is -0.986. The molecule has 0 saturated heterocycles. The first-order chi connectivity index (χ1) is 8.00. The molecule has 19 heavy (non-hydrogen) atoms. The molecule has 0 fully saturated rings. The van der Waals surface area contributed by atoms with Gasteiger partial charge in [0.1, 0.15) is 0 Å². The largest absolute Gasteiger partial charge is 0.478 e. The molecule has 0 rings (SSSR count). The van der Waals surface area contributed by atoms with Gasteiger partial charge < -0.3 is 20.0 Å². The minimum absolute atomic E-state index is 0. The van der Waals surface area contributed by atoms with Crippen molar-refractivity contribution in [3.8, 4) is 0 Å². The lowest BCUT2D eigenvalue weighted by Crippen LogP contribution is -2.04. The van der Waals surface area contributed by atoms with E-state index in [9.17, 15) is 4.79 Å². The second-order valence-electron chi connectivity index (χ2n) is 4.98. The van der Waals surface area contributed by atoms with Crippen LogP contribution < -0.4 is 0 Å². The van der Waals surface area contributed by atoms with E-state index in [-0.39, 0.29) is 18.0 Å². The van der Waals surface area contributed by atoms with Crippen LogP contribution in [-0.2, 0) is 4.79 Å². The third kappa shape index (κ3) is 58.5. The maximum absolute atomic E-state index is 10.1. The molecule has 0 aromatic heterocycles. The Bertz CT molecular complexity index is 208. The summed E-state index contributed by atoms with van der Waals surface area (Å²) in [7, 11) is 12.0. The molecule has 1 unspecified atom stereocenters. The van der Waals surface area contributed by atoms with Gasteiger partial charge in [-0.25, -0.2) is 4.79 Å². The van der Waals surface area contributed by atoms with Gasteiger partial charge in [0.05, 0.1) is 6.10 Å². The lowest BCUT2D eigenvalue weighted by Gasteiger charge is -2.01. The van der Waals surface area contributed by atoms with Crippen LogP contribution in [0.3, 0.4) is 0 Å². The fraction of sp³-hybridized carbons (Fsp3) is 0.769. The van der Waals surface area contributed by atoms with E-state index in [1.54, 1.807) is 6.92 Å². The van der Waals surface area contributed by atoms with Crippen molar-refractivity contribution in [1.29, 1.82) is 0 Å². The topological polar surface area (TPSA) is 64.0 Å². The Morgan fingerprint density at radius 3 is 1.53 bits per heavy atom. The third-order valence-corrected chi connectivity index (χ3v) is 1.17. The van der Waals surface area contributed by atoms with Crippen LogP contribution in [0.25, 0.3) is 0 Å². The third-order valence-electron chi connectivity index (χ3n) is 1.17. The van der Waals surface area contributed by atoms with Gasteiger partial charge in [0.2, 0.25) is 0 Å². The van der Waals surface area contributed by atoms with E-state index in [0.717, 1.165) is 0 Å². The summed E-state index contributed by atoms with van der Waals surface area (Å²) < 4.78 is 0. The van der Waals surface area contributed by atoms with E-state index in [1.165, 1.54) is 0 Å². The average molecular weight is 299 g/mol. The standard InChI is InChI=1S/C7H12O3.2C3H9N.ClH/c1-5(7(9)10)3-4-6(2)8;2*1-4(2)3;/h6,8H,1,3-4H2,2H3,(H,9,10);2*1-3H3;1H. The molecule has 0 aliphatic carbocycles. The van der Waals surface area contributed by atoms with E-state index in [0.29, 0.717) is 12.8 Å². The van der Waals surface area contributed by atoms with Gasteiger partial charge in [-0.3, -0.25) is 0 Å². The van der Waals surface area contributed by atoms with Crippen molar-refractivity contribution in [1.82, 2.24) is 9.80 Å². The Balaban J connectivity index is -0.000000105. The second kappa shape index (κ2) is 17.4. The summed E-state index contributed by atoms with van der Waals surface area (Å²) in [5, 5.41) is 17.1. The monoisotopic (exact) mass is 298 g/mol. The SMILES string of the molecule is C=C(CCC(C)O)C(=O)O.CN(C)C.CN(C)C.Cl. The molecule has 0 spiro atoms. The van der Waals surface area contributed by atoms with Gasteiger partial charge in [0.25, 0.3) is 0 Å². The first-order valence-electron chi connectivity index (χ1n) is 5.81. The second-order valence-corrected chi connectivity index (χ2v) is 4.98. The number of hydrogen-bond acceptors (Lipinski definition) is 4. The smallest absolute Gasteiger partial charge is 0.330 e.